The Balaban J connectivity index is 1.67. The highest BCUT2D eigenvalue weighted by atomic mass is 16.6. The smallest absolute Gasteiger partial charge is 0.105 e. The summed E-state index contributed by atoms with van der Waals surface area (Å²) in [4.78, 5) is 0. The second kappa shape index (κ2) is 7.52. The number of benzene rings is 1. The Morgan fingerprint density at radius 2 is 1.89 bits per heavy atom. The molecule has 1 saturated heterocycles. The van der Waals surface area contributed by atoms with E-state index in [-0.39, 0.29) is 0 Å². The van der Waals surface area contributed by atoms with Crippen LogP contribution in [0.1, 0.15) is 24.5 Å². The molecule has 0 spiro atoms. The monoisotopic (exact) mass is 249 g/mol. The van der Waals surface area contributed by atoms with Gasteiger partial charge in [0.1, 0.15) is 6.10 Å². The van der Waals surface area contributed by atoms with E-state index in [0.717, 1.165) is 32.7 Å². The van der Waals surface area contributed by atoms with Crippen LogP contribution in [-0.2, 0) is 22.5 Å². The van der Waals surface area contributed by atoms with Crippen LogP contribution in [0.3, 0.4) is 0 Å². The van der Waals surface area contributed by atoms with Crippen LogP contribution < -0.4 is 5.32 Å². The van der Waals surface area contributed by atoms with E-state index in [1.807, 2.05) is 0 Å². The van der Waals surface area contributed by atoms with Gasteiger partial charge in [-0.25, -0.2) is 0 Å². The predicted molar refractivity (Wildman–Crippen MR) is 72.7 cm³/mol. The third-order valence-electron chi connectivity index (χ3n) is 3.13. The Morgan fingerprint density at radius 3 is 2.50 bits per heavy atom. The zero-order chi connectivity index (χ0) is 12.6. The third kappa shape index (κ3) is 4.41. The van der Waals surface area contributed by atoms with E-state index in [1.54, 1.807) is 0 Å². The van der Waals surface area contributed by atoms with Crippen molar-refractivity contribution < 1.29 is 9.47 Å². The molecule has 1 N–H and O–H groups in total. The molecule has 1 aliphatic heterocycles. The van der Waals surface area contributed by atoms with Crippen molar-refractivity contribution in [1.29, 1.82) is 0 Å². The normalized spacial score (nSPS) is 15.6. The number of ether oxygens (including phenoxy) is 2. The Bertz CT molecular complexity index is 333. The Kier molecular flexibility index (Phi) is 5.65. The maximum Gasteiger partial charge on any atom is 0.105 e. The van der Waals surface area contributed by atoms with Crippen LogP contribution in [-0.4, -0.2) is 32.4 Å². The molecular formula is C15H23NO2. The van der Waals surface area contributed by atoms with Gasteiger partial charge in [0.25, 0.3) is 0 Å². The maximum absolute atomic E-state index is 5.68. The summed E-state index contributed by atoms with van der Waals surface area (Å²) in [6, 6.07) is 8.72. The fourth-order valence-electron chi connectivity index (χ4n) is 1.86. The summed E-state index contributed by atoms with van der Waals surface area (Å²) in [6.07, 6.45) is 2.60. The standard InChI is InChI=1S/C15H23NO2/c1-2-8-16-9-7-13-3-5-14(6-4-13)10-18-15-11-17-12-15/h3-6,15-16H,2,7-12H2,1H3. The van der Waals surface area contributed by atoms with Crippen LogP contribution in [0.25, 0.3) is 0 Å². The lowest BCUT2D eigenvalue weighted by atomic mass is 10.1. The van der Waals surface area contributed by atoms with Crippen LogP contribution in [0, 0.1) is 0 Å². The van der Waals surface area contributed by atoms with Crippen LogP contribution in [0.4, 0.5) is 0 Å². The van der Waals surface area contributed by atoms with Crippen molar-refractivity contribution in [3.63, 3.8) is 0 Å². The Hall–Kier alpha value is -0.900. The summed E-state index contributed by atoms with van der Waals surface area (Å²) in [7, 11) is 0. The molecule has 100 valence electrons. The van der Waals surface area contributed by atoms with Gasteiger partial charge in [0, 0.05) is 0 Å². The Morgan fingerprint density at radius 1 is 1.17 bits per heavy atom. The van der Waals surface area contributed by atoms with Gasteiger partial charge in [0.15, 0.2) is 0 Å². The molecule has 18 heavy (non-hydrogen) atoms. The quantitative estimate of drug-likeness (QED) is 0.716. The first-order chi connectivity index (χ1) is 8.88. The highest BCUT2D eigenvalue weighted by Gasteiger charge is 2.18. The van der Waals surface area contributed by atoms with E-state index in [0.29, 0.717) is 12.7 Å². The van der Waals surface area contributed by atoms with Crippen molar-refractivity contribution >= 4 is 0 Å². The fourth-order valence-corrected chi connectivity index (χ4v) is 1.86. The molecule has 0 aliphatic carbocycles. The van der Waals surface area contributed by atoms with Crippen molar-refractivity contribution in [1.82, 2.24) is 5.32 Å². The molecule has 1 aromatic carbocycles. The first kappa shape index (κ1) is 13.5. The molecule has 3 nitrogen and oxygen atoms in total. The second-order valence-corrected chi connectivity index (χ2v) is 4.79. The Labute approximate surface area is 109 Å². The van der Waals surface area contributed by atoms with Crippen molar-refractivity contribution in [2.75, 3.05) is 26.3 Å². The first-order valence-corrected chi connectivity index (χ1v) is 6.86. The maximum atomic E-state index is 5.68. The fraction of sp³-hybridized carbons (Fsp3) is 0.600. The summed E-state index contributed by atoms with van der Waals surface area (Å²) in [5.74, 6) is 0. The predicted octanol–water partition coefficient (Wildman–Crippen LogP) is 2.14. The highest BCUT2D eigenvalue weighted by molar-refractivity contribution is 5.22. The van der Waals surface area contributed by atoms with E-state index < -0.39 is 0 Å². The van der Waals surface area contributed by atoms with Crippen LogP contribution in [0.15, 0.2) is 24.3 Å². The molecule has 0 radical (unpaired) electrons. The minimum absolute atomic E-state index is 0.308. The minimum Gasteiger partial charge on any atom is -0.376 e. The summed E-state index contributed by atoms with van der Waals surface area (Å²) in [5.41, 5.74) is 2.63. The lowest BCUT2D eigenvalue weighted by molar-refractivity contribution is -0.135. The molecule has 2 rings (SSSR count). The van der Waals surface area contributed by atoms with Gasteiger partial charge in [-0.15, -0.1) is 0 Å². The summed E-state index contributed by atoms with van der Waals surface area (Å²) < 4.78 is 10.8. The lowest BCUT2D eigenvalue weighted by Gasteiger charge is -2.25. The molecule has 0 aromatic heterocycles. The van der Waals surface area contributed by atoms with Gasteiger partial charge in [-0.2, -0.15) is 0 Å². The van der Waals surface area contributed by atoms with E-state index in [2.05, 4.69) is 36.5 Å². The zero-order valence-corrected chi connectivity index (χ0v) is 11.2. The van der Waals surface area contributed by atoms with Gasteiger partial charge < -0.3 is 14.8 Å². The lowest BCUT2D eigenvalue weighted by Crippen LogP contribution is -2.35. The molecule has 0 atom stereocenters. The van der Waals surface area contributed by atoms with Crippen LogP contribution in [0.5, 0.6) is 0 Å². The molecule has 0 unspecified atom stereocenters. The zero-order valence-electron chi connectivity index (χ0n) is 11.2. The van der Waals surface area contributed by atoms with Gasteiger partial charge in [-0.1, -0.05) is 31.2 Å². The second-order valence-electron chi connectivity index (χ2n) is 4.79. The van der Waals surface area contributed by atoms with Gasteiger partial charge >= 0.3 is 0 Å². The minimum atomic E-state index is 0.308. The molecular weight excluding hydrogens is 226 g/mol. The molecule has 3 heteroatoms. The van der Waals surface area contributed by atoms with E-state index in [4.69, 9.17) is 9.47 Å². The van der Waals surface area contributed by atoms with Crippen molar-refractivity contribution in [3.05, 3.63) is 35.4 Å². The van der Waals surface area contributed by atoms with E-state index >= 15 is 0 Å². The van der Waals surface area contributed by atoms with E-state index in [9.17, 15) is 0 Å². The molecule has 0 amide bonds. The molecule has 1 heterocycles. The SMILES string of the molecule is CCCNCCc1ccc(COC2COC2)cc1. The molecule has 1 aromatic rings. The third-order valence-corrected chi connectivity index (χ3v) is 3.13. The summed E-state index contributed by atoms with van der Waals surface area (Å²) >= 11 is 0. The average molecular weight is 249 g/mol. The topological polar surface area (TPSA) is 30.5 Å². The van der Waals surface area contributed by atoms with Crippen molar-refractivity contribution in [2.45, 2.75) is 32.5 Å². The highest BCUT2D eigenvalue weighted by Crippen LogP contribution is 2.11. The van der Waals surface area contributed by atoms with Crippen molar-refractivity contribution in [2.24, 2.45) is 0 Å². The average Bonchev–Trinajstić information content (AvgIpc) is 2.34. The van der Waals surface area contributed by atoms with Crippen LogP contribution >= 0.6 is 0 Å². The molecule has 1 aliphatic rings. The molecule has 1 fully saturated rings. The van der Waals surface area contributed by atoms with Gasteiger partial charge in [-0.05, 0) is 37.1 Å². The van der Waals surface area contributed by atoms with E-state index in [1.165, 1.54) is 17.5 Å². The number of rotatable bonds is 8. The van der Waals surface area contributed by atoms with Gasteiger partial charge in [0.05, 0.1) is 19.8 Å². The number of nitrogens with one attached hydrogen (secondary N) is 1. The van der Waals surface area contributed by atoms with Gasteiger partial charge in [0.2, 0.25) is 0 Å². The summed E-state index contributed by atoms with van der Waals surface area (Å²) in [5, 5.41) is 3.41. The summed E-state index contributed by atoms with van der Waals surface area (Å²) in [6.45, 7) is 6.55. The number of hydrogen-bond acceptors (Lipinski definition) is 3. The largest absolute Gasteiger partial charge is 0.376 e. The van der Waals surface area contributed by atoms with Crippen LogP contribution in [0.2, 0.25) is 0 Å². The van der Waals surface area contributed by atoms with Crippen molar-refractivity contribution in [3.8, 4) is 0 Å². The molecule has 0 saturated carbocycles. The van der Waals surface area contributed by atoms with Gasteiger partial charge in [-0.3, -0.25) is 0 Å². The first-order valence-electron chi connectivity index (χ1n) is 6.86. The molecule has 0 bridgehead atoms. The number of hydrogen-bond donors (Lipinski definition) is 1.